The van der Waals surface area contributed by atoms with Crippen LogP contribution in [0.5, 0.6) is 0 Å². The average Bonchev–Trinajstić information content (AvgIpc) is 2.62. The molecule has 3 rings (SSSR count). The second-order valence-electron chi connectivity index (χ2n) is 5.54. The van der Waals surface area contributed by atoms with Crippen molar-refractivity contribution in [3.05, 3.63) is 71.3 Å². The van der Waals surface area contributed by atoms with Gasteiger partial charge in [-0.2, -0.15) is 0 Å². The van der Waals surface area contributed by atoms with E-state index in [1.165, 1.54) is 11.6 Å². The molecule has 1 aliphatic rings. The Bertz CT molecular complexity index is 798. The van der Waals surface area contributed by atoms with Gasteiger partial charge in [-0.1, -0.05) is 6.07 Å². The van der Waals surface area contributed by atoms with Crippen LogP contribution in [-0.4, -0.2) is 34.0 Å². The third kappa shape index (κ3) is 3.53. The zero-order chi connectivity index (χ0) is 16.9. The summed E-state index contributed by atoms with van der Waals surface area (Å²) >= 11 is 0. The molecule has 0 fully saturated rings. The molecule has 0 amide bonds. The van der Waals surface area contributed by atoms with Crippen LogP contribution in [0.2, 0.25) is 0 Å². The number of aliphatic imine (C=N–C) groups is 2. The lowest BCUT2D eigenvalue weighted by Gasteiger charge is -2.30. The van der Waals surface area contributed by atoms with Crippen LogP contribution in [0.15, 0.2) is 58.5 Å². The van der Waals surface area contributed by atoms with Crippen LogP contribution < -0.4 is 0 Å². The van der Waals surface area contributed by atoms with Gasteiger partial charge in [-0.25, -0.2) is 24.3 Å². The van der Waals surface area contributed by atoms with E-state index in [0.29, 0.717) is 18.2 Å². The maximum Gasteiger partial charge on any atom is 0.197 e. The number of amidine groups is 1. The van der Waals surface area contributed by atoms with Gasteiger partial charge < -0.3 is 4.90 Å². The summed E-state index contributed by atoms with van der Waals surface area (Å²) in [6.07, 6.45) is 5.88. The molecule has 24 heavy (non-hydrogen) atoms. The number of aromatic nitrogens is 2. The minimum atomic E-state index is -0.199. The van der Waals surface area contributed by atoms with E-state index in [1.54, 1.807) is 30.7 Å². The molecular weight excluding hydrogens is 305 g/mol. The summed E-state index contributed by atoms with van der Waals surface area (Å²) in [6, 6.07) is 6.72. The summed E-state index contributed by atoms with van der Waals surface area (Å²) < 4.78 is 13.4. The molecule has 0 saturated heterocycles. The molecule has 0 atom stereocenters. The van der Waals surface area contributed by atoms with Crippen molar-refractivity contribution in [3.63, 3.8) is 0 Å². The first-order chi connectivity index (χ1) is 11.7. The third-order valence-electron chi connectivity index (χ3n) is 3.97. The second-order valence-corrected chi connectivity index (χ2v) is 5.54. The normalized spacial score (nSPS) is 15.2. The Hall–Kier alpha value is -2.89. The molecule has 0 spiro atoms. The molecule has 0 saturated carbocycles. The Morgan fingerprint density at radius 2 is 2.08 bits per heavy atom. The number of rotatable bonds is 3. The van der Waals surface area contributed by atoms with Gasteiger partial charge in [0.2, 0.25) is 0 Å². The molecule has 122 valence electrons. The largest absolute Gasteiger partial charge is 0.369 e. The smallest absolute Gasteiger partial charge is 0.197 e. The summed E-state index contributed by atoms with van der Waals surface area (Å²) in [7, 11) is 0. The van der Waals surface area contributed by atoms with Crippen molar-refractivity contribution in [2.45, 2.75) is 19.9 Å². The fourth-order valence-corrected chi connectivity index (χ4v) is 2.65. The maximum atomic E-state index is 13.4. The summed E-state index contributed by atoms with van der Waals surface area (Å²) in [5.74, 6) is 0.607. The SMILES string of the molecule is C=NC(=N/C=C(\C)N1CCc2ccc(F)cc2C1)c1ncccn1. The van der Waals surface area contributed by atoms with E-state index in [4.69, 9.17) is 0 Å². The van der Waals surface area contributed by atoms with Crippen molar-refractivity contribution in [2.75, 3.05) is 6.54 Å². The molecule has 6 heteroatoms. The van der Waals surface area contributed by atoms with Crippen molar-refractivity contribution in [2.24, 2.45) is 9.98 Å². The number of nitrogens with zero attached hydrogens (tertiary/aromatic N) is 5. The minimum absolute atomic E-state index is 0.199. The highest BCUT2D eigenvalue weighted by molar-refractivity contribution is 5.98. The van der Waals surface area contributed by atoms with Gasteiger partial charge in [0.05, 0.1) is 0 Å². The summed E-state index contributed by atoms with van der Waals surface area (Å²) in [5, 5.41) is 0. The van der Waals surface area contributed by atoms with Gasteiger partial charge in [-0.15, -0.1) is 0 Å². The molecule has 0 N–H and O–H groups in total. The molecule has 0 bridgehead atoms. The standard InChI is InChI=1S/C18H18FN5/c1-13(11-23-17(20-2)18-21-7-3-8-22-18)24-9-6-14-4-5-16(19)10-15(14)12-24/h3-5,7-8,10-11H,2,6,9,12H2,1H3/b13-11+,23-17?. The predicted molar refractivity (Wildman–Crippen MR) is 92.4 cm³/mol. The highest BCUT2D eigenvalue weighted by Gasteiger charge is 2.16. The predicted octanol–water partition coefficient (Wildman–Crippen LogP) is 2.98. The molecule has 0 radical (unpaired) electrons. The summed E-state index contributed by atoms with van der Waals surface area (Å²) in [5.41, 5.74) is 3.20. The monoisotopic (exact) mass is 323 g/mol. The third-order valence-corrected chi connectivity index (χ3v) is 3.97. The summed E-state index contributed by atoms with van der Waals surface area (Å²) in [4.78, 5) is 18.6. The molecule has 1 aromatic heterocycles. The zero-order valence-corrected chi connectivity index (χ0v) is 13.5. The van der Waals surface area contributed by atoms with Crippen LogP contribution in [0.25, 0.3) is 0 Å². The van der Waals surface area contributed by atoms with Gasteiger partial charge in [0, 0.05) is 37.4 Å². The van der Waals surface area contributed by atoms with Gasteiger partial charge in [0.1, 0.15) is 5.82 Å². The van der Waals surface area contributed by atoms with Gasteiger partial charge >= 0.3 is 0 Å². The lowest BCUT2D eigenvalue weighted by atomic mass is 9.99. The van der Waals surface area contributed by atoms with Crippen molar-refractivity contribution >= 4 is 12.6 Å². The Labute approximate surface area is 140 Å². The fraction of sp³-hybridized carbons (Fsp3) is 0.222. The van der Waals surface area contributed by atoms with E-state index in [1.807, 2.05) is 13.0 Å². The molecule has 2 heterocycles. The first-order valence-electron chi connectivity index (χ1n) is 7.68. The summed E-state index contributed by atoms with van der Waals surface area (Å²) in [6.45, 7) is 7.04. The number of allylic oxidation sites excluding steroid dienone is 1. The zero-order valence-electron chi connectivity index (χ0n) is 13.5. The van der Waals surface area contributed by atoms with Crippen molar-refractivity contribution in [1.82, 2.24) is 14.9 Å². The van der Waals surface area contributed by atoms with Gasteiger partial charge in [0.25, 0.3) is 0 Å². The van der Waals surface area contributed by atoms with Crippen LogP contribution in [-0.2, 0) is 13.0 Å². The van der Waals surface area contributed by atoms with E-state index >= 15 is 0 Å². The minimum Gasteiger partial charge on any atom is -0.369 e. The average molecular weight is 323 g/mol. The molecule has 1 aliphatic heterocycles. The molecule has 0 aliphatic carbocycles. The fourth-order valence-electron chi connectivity index (χ4n) is 2.65. The molecule has 1 aromatic carbocycles. The van der Waals surface area contributed by atoms with E-state index in [-0.39, 0.29) is 5.82 Å². The lowest BCUT2D eigenvalue weighted by Crippen LogP contribution is -2.29. The van der Waals surface area contributed by atoms with Gasteiger partial charge in [-0.3, -0.25) is 0 Å². The Balaban J connectivity index is 1.79. The Morgan fingerprint density at radius 1 is 1.29 bits per heavy atom. The van der Waals surface area contributed by atoms with E-state index < -0.39 is 0 Å². The topological polar surface area (TPSA) is 53.7 Å². The number of fused-ring (bicyclic) bond motifs is 1. The quantitative estimate of drug-likeness (QED) is 0.644. The molecule has 5 nitrogen and oxygen atoms in total. The highest BCUT2D eigenvalue weighted by atomic mass is 19.1. The van der Waals surface area contributed by atoms with E-state index in [9.17, 15) is 4.39 Å². The molecule has 0 unspecified atom stereocenters. The second kappa shape index (κ2) is 7.12. The molecule has 2 aromatic rings. The lowest BCUT2D eigenvalue weighted by molar-refractivity contribution is 0.321. The van der Waals surface area contributed by atoms with Crippen molar-refractivity contribution in [1.29, 1.82) is 0 Å². The van der Waals surface area contributed by atoms with Crippen LogP contribution in [0.3, 0.4) is 0 Å². The highest BCUT2D eigenvalue weighted by Crippen LogP contribution is 2.22. The van der Waals surface area contributed by atoms with E-state index in [2.05, 4.69) is 31.6 Å². The van der Waals surface area contributed by atoms with Gasteiger partial charge in [0.15, 0.2) is 11.7 Å². The first-order valence-corrected chi connectivity index (χ1v) is 7.68. The van der Waals surface area contributed by atoms with Gasteiger partial charge in [-0.05, 0) is 49.4 Å². The van der Waals surface area contributed by atoms with Crippen molar-refractivity contribution in [3.8, 4) is 0 Å². The van der Waals surface area contributed by atoms with Crippen LogP contribution in [0, 0.1) is 5.82 Å². The number of hydrogen-bond donors (Lipinski definition) is 0. The van der Waals surface area contributed by atoms with Crippen LogP contribution >= 0.6 is 0 Å². The number of hydrogen-bond acceptors (Lipinski definition) is 4. The number of halogens is 1. The first kappa shape index (κ1) is 16.0. The maximum absolute atomic E-state index is 13.4. The Morgan fingerprint density at radius 3 is 2.83 bits per heavy atom. The van der Waals surface area contributed by atoms with Crippen molar-refractivity contribution < 1.29 is 4.39 Å². The van der Waals surface area contributed by atoms with E-state index in [0.717, 1.165) is 24.2 Å². The van der Waals surface area contributed by atoms with Crippen LogP contribution in [0.4, 0.5) is 4.39 Å². The molecular formula is C18H18FN5. The van der Waals surface area contributed by atoms with Crippen LogP contribution in [0.1, 0.15) is 23.9 Å². The number of benzene rings is 1. The Kier molecular flexibility index (Phi) is 4.74.